The fraction of sp³-hybridized carbons (Fsp3) is 0.250. The van der Waals surface area contributed by atoms with E-state index in [1.165, 1.54) is 0 Å². The number of carboxylic acid groups (broad SMARTS) is 1. The van der Waals surface area contributed by atoms with Crippen molar-refractivity contribution in [3.8, 4) is 0 Å². The van der Waals surface area contributed by atoms with E-state index in [0.29, 0.717) is 5.56 Å². The monoisotopic (exact) mass is 204 g/mol. The standard InChI is InChI=1S/C12H12O3/c1-6-4-11-10(5-9(6)12(13)14)7(2)8(3)15-11/h4-5H,1-3H3,(H,13,14). The maximum Gasteiger partial charge on any atom is 0.335 e. The van der Waals surface area contributed by atoms with Crippen molar-refractivity contribution in [2.45, 2.75) is 20.8 Å². The van der Waals surface area contributed by atoms with E-state index in [2.05, 4.69) is 0 Å². The molecule has 3 nitrogen and oxygen atoms in total. The van der Waals surface area contributed by atoms with Crippen LogP contribution in [0, 0.1) is 20.8 Å². The summed E-state index contributed by atoms with van der Waals surface area (Å²) in [6.07, 6.45) is 0. The highest BCUT2D eigenvalue weighted by Crippen LogP contribution is 2.27. The summed E-state index contributed by atoms with van der Waals surface area (Å²) in [6, 6.07) is 3.46. The third-order valence-electron chi connectivity index (χ3n) is 2.75. The van der Waals surface area contributed by atoms with Crippen LogP contribution < -0.4 is 0 Å². The van der Waals surface area contributed by atoms with Gasteiger partial charge in [0.15, 0.2) is 0 Å². The molecule has 1 heterocycles. The Labute approximate surface area is 87.3 Å². The number of aromatic carboxylic acids is 1. The van der Waals surface area contributed by atoms with Gasteiger partial charge in [-0.3, -0.25) is 0 Å². The van der Waals surface area contributed by atoms with Gasteiger partial charge in [-0.1, -0.05) is 0 Å². The molecule has 15 heavy (non-hydrogen) atoms. The maximum atomic E-state index is 11.0. The van der Waals surface area contributed by atoms with E-state index in [0.717, 1.165) is 27.9 Å². The zero-order chi connectivity index (χ0) is 11.2. The summed E-state index contributed by atoms with van der Waals surface area (Å²) >= 11 is 0. The second-order valence-electron chi connectivity index (χ2n) is 3.75. The Morgan fingerprint density at radius 1 is 1.27 bits per heavy atom. The van der Waals surface area contributed by atoms with Crippen LogP contribution in [0.1, 0.15) is 27.2 Å². The molecule has 78 valence electrons. The van der Waals surface area contributed by atoms with Gasteiger partial charge in [0.05, 0.1) is 5.56 Å². The van der Waals surface area contributed by atoms with Crippen molar-refractivity contribution in [3.63, 3.8) is 0 Å². The molecule has 0 aliphatic heterocycles. The molecule has 2 rings (SSSR count). The van der Waals surface area contributed by atoms with Crippen LogP contribution >= 0.6 is 0 Å². The highest BCUT2D eigenvalue weighted by atomic mass is 16.4. The fourth-order valence-electron chi connectivity index (χ4n) is 1.72. The predicted molar refractivity (Wildman–Crippen MR) is 57.4 cm³/mol. The van der Waals surface area contributed by atoms with Gasteiger partial charge in [-0.15, -0.1) is 0 Å². The topological polar surface area (TPSA) is 50.4 Å². The first kappa shape index (κ1) is 9.77. The number of furan rings is 1. The summed E-state index contributed by atoms with van der Waals surface area (Å²) in [5.74, 6) is -0.0559. The number of hydrogen-bond donors (Lipinski definition) is 1. The minimum absolute atomic E-state index is 0.339. The summed E-state index contributed by atoms with van der Waals surface area (Å²) in [4.78, 5) is 11.0. The lowest BCUT2D eigenvalue weighted by Crippen LogP contribution is -1.98. The summed E-state index contributed by atoms with van der Waals surface area (Å²) in [5, 5.41) is 9.88. The predicted octanol–water partition coefficient (Wildman–Crippen LogP) is 3.06. The molecule has 0 atom stereocenters. The molecule has 0 fully saturated rings. The van der Waals surface area contributed by atoms with Crippen molar-refractivity contribution in [2.24, 2.45) is 0 Å². The quantitative estimate of drug-likeness (QED) is 0.776. The fourth-order valence-corrected chi connectivity index (χ4v) is 1.72. The molecule has 0 radical (unpaired) electrons. The molecule has 1 N–H and O–H groups in total. The van der Waals surface area contributed by atoms with Crippen LogP contribution in [0.3, 0.4) is 0 Å². The van der Waals surface area contributed by atoms with E-state index in [9.17, 15) is 4.79 Å². The van der Waals surface area contributed by atoms with Crippen molar-refractivity contribution >= 4 is 16.9 Å². The number of fused-ring (bicyclic) bond motifs is 1. The smallest absolute Gasteiger partial charge is 0.335 e. The van der Waals surface area contributed by atoms with Gasteiger partial charge in [-0.2, -0.15) is 0 Å². The molecule has 0 aliphatic rings. The van der Waals surface area contributed by atoms with Crippen molar-refractivity contribution in [1.82, 2.24) is 0 Å². The summed E-state index contributed by atoms with van der Waals surface area (Å²) in [5.41, 5.74) is 2.83. The Morgan fingerprint density at radius 2 is 1.93 bits per heavy atom. The van der Waals surface area contributed by atoms with Gasteiger partial charge in [-0.25, -0.2) is 4.79 Å². The number of carbonyl (C=O) groups is 1. The Kier molecular flexibility index (Phi) is 2.03. The molecule has 0 saturated heterocycles. The molecular formula is C12H12O3. The molecular weight excluding hydrogens is 192 g/mol. The Hall–Kier alpha value is -1.77. The van der Waals surface area contributed by atoms with E-state index in [-0.39, 0.29) is 0 Å². The second-order valence-corrected chi connectivity index (χ2v) is 3.75. The molecule has 1 aromatic heterocycles. The van der Waals surface area contributed by atoms with Gasteiger partial charge in [0.25, 0.3) is 0 Å². The highest BCUT2D eigenvalue weighted by Gasteiger charge is 2.13. The summed E-state index contributed by atoms with van der Waals surface area (Å²) in [7, 11) is 0. The van der Waals surface area contributed by atoms with Gasteiger partial charge in [-0.05, 0) is 44.0 Å². The molecule has 3 heteroatoms. The Morgan fingerprint density at radius 3 is 2.53 bits per heavy atom. The lowest BCUT2D eigenvalue weighted by molar-refractivity contribution is 0.0696. The van der Waals surface area contributed by atoms with Crippen LogP contribution in [0.15, 0.2) is 16.5 Å². The summed E-state index contributed by atoms with van der Waals surface area (Å²) in [6.45, 7) is 5.59. The van der Waals surface area contributed by atoms with E-state index >= 15 is 0 Å². The molecule has 2 aromatic rings. The lowest BCUT2D eigenvalue weighted by atomic mass is 10.0. The molecule has 0 saturated carbocycles. The average Bonchev–Trinajstić information content (AvgIpc) is 2.41. The second kappa shape index (κ2) is 3.12. The van der Waals surface area contributed by atoms with Gasteiger partial charge < -0.3 is 9.52 Å². The Bertz CT molecular complexity index is 549. The van der Waals surface area contributed by atoms with Gasteiger partial charge in [0, 0.05) is 5.39 Å². The lowest BCUT2D eigenvalue weighted by Gasteiger charge is -2.00. The molecule has 0 amide bonds. The summed E-state index contributed by atoms with van der Waals surface area (Å²) < 4.78 is 5.52. The number of benzene rings is 1. The van der Waals surface area contributed by atoms with Crippen LogP contribution in [0.2, 0.25) is 0 Å². The first-order valence-electron chi connectivity index (χ1n) is 4.74. The largest absolute Gasteiger partial charge is 0.478 e. The van der Waals surface area contributed by atoms with Crippen molar-refractivity contribution in [1.29, 1.82) is 0 Å². The van der Waals surface area contributed by atoms with Gasteiger partial charge in [0.1, 0.15) is 11.3 Å². The Balaban J connectivity index is 2.83. The minimum atomic E-state index is -0.896. The van der Waals surface area contributed by atoms with Crippen LogP contribution in [0.25, 0.3) is 11.0 Å². The molecule has 0 unspecified atom stereocenters. The minimum Gasteiger partial charge on any atom is -0.478 e. The third-order valence-corrected chi connectivity index (χ3v) is 2.75. The van der Waals surface area contributed by atoms with Crippen LogP contribution in [0.4, 0.5) is 0 Å². The molecule has 0 bridgehead atoms. The van der Waals surface area contributed by atoms with Gasteiger partial charge >= 0.3 is 5.97 Å². The zero-order valence-corrected chi connectivity index (χ0v) is 8.92. The average molecular weight is 204 g/mol. The normalized spacial score (nSPS) is 10.9. The molecule has 1 aromatic carbocycles. The van der Waals surface area contributed by atoms with Crippen molar-refractivity contribution in [3.05, 3.63) is 34.6 Å². The highest BCUT2D eigenvalue weighted by molar-refractivity contribution is 5.95. The first-order chi connectivity index (χ1) is 7.00. The van der Waals surface area contributed by atoms with Crippen molar-refractivity contribution < 1.29 is 14.3 Å². The van der Waals surface area contributed by atoms with E-state index in [1.54, 1.807) is 19.1 Å². The van der Waals surface area contributed by atoms with E-state index in [1.807, 2.05) is 13.8 Å². The maximum absolute atomic E-state index is 11.0. The van der Waals surface area contributed by atoms with Crippen LogP contribution in [-0.2, 0) is 0 Å². The zero-order valence-electron chi connectivity index (χ0n) is 8.92. The molecule has 0 spiro atoms. The van der Waals surface area contributed by atoms with E-state index in [4.69, 9.17) is 9.52 Å². The number of aryl methyl sites for hydroxylation is 3. The van der Waals surface area contributed by atoms with E-state index < -0.39 is 5.97 Å². The number of carboxylic acids is 1. The molecule has 0 aliphatic carbocycles. The number of rotatable bonds is 1. The number of hydrogen-bond acceptors (Lipinski definition) is 2. The van der Waals surface area contributed by atoms with Gasteiger partial charge in [0.2, 0.25) is 0 Å². The van der Waals surface area contributed by atoms with Crippen LogP contribution in [-0.4, -0.2) is 11.1 Å². The SMILES string of the molecule is Cc1cc2oc(C)c(C)c2cc1C(=O)O. The van der Waals surface area contributed by atoms with Crippen molar-refractivity contribution in [2.75, 3.05) is 0 Å². The third kappa shape index (κ3) is 1.40. The van der Waals surface area contributed by atoms with Crippen LogP contribution in [0.5, 0.6) is 0 Å². The first-order valence-corrected chi connectivity index (χ1v) is 4.74.